The Morgan fingerprint density at radius 3 is 2.69 bits per heavy atom. The Morgan fingerprint density at radius 1 is 1.46 bits per heavy atom. The van der Waals surface area contributed by atoms with E-state index < -0.39 is 0 Å². The van der Waals surface area contributed by atoms with Crippen molar-refractivity contribution < 1.29 is 9.47 Å². The van der Waals surface area contributed by atoms with Crippen molar-refractivity contribution in [2.75, 3.05) is 19.8 Å². The van der Waals surface area contributed by atoms with Crippen LogP contribution in [0.15, 0.2) is 17.1 Å². The van der Waals surface area contributed by atoms with Crippen molar-refractivity contribution in [1.29, 1.82) is 0 Å². The normalized spacial score (nSPS) is 16.7. The van der Waals surface area contributed by atoms with Gasteiger partial charge in [0, 0.05) is 5.92 Å². The number of hydrogen-bond donors (Lipinski definition) is 0. The Hall–Kier alpha value is -0.680. The molecule has 0 spiro atoms. The van der Waals surface area contributed by atoms with Crippen molar-refractivity contribution in [3.05, 3.63) is 17.1 Å². The summed E-state index contributed by atoms with van der Waals surface area (Å²) in [7, 11) is 0. The van der Waals surface area contributed by atoms with Gasteiger partial charge in [-0.05, 0) is 15.9 Å². The van der Waals surface area contributed by atoms with Crippen LogP contribution in [0, 0.1) is 5.92 Å². The lowest BCUT2D eigenvalue weighted by Gasteiger charge is -2.25. The molecule has 1 aliphatic heterocycles. The van der Waals surface area contributed by atoms with Crippen LogP contribution in [0.5, 0.6) is 5.75 Å². The molecule has 0 bridgehead atoms. The third kappa shape index (κ3) is 2.38. The molecule has 0 aromatic carbocycles. The highest BCUT2D eigenvalue weighted by Gasteiger charge is 2.18. The average Bonchev–Trinajstić information content (AvgIpc) is 2.05. The Labute approximate surface area is 84.4 Å². The highest BCUT2D eigenvalue weighted by atomic mass is 79.9. The van der Waals surface area contributed by atoms with E-state index in [2.05, 4.69) is 25.9 Å². The van der Waals surface area contributed by atoms with Crippen LogP contribution in [-0.4, -0.2) is 29.8 Å². The minimum atomic E-state index is 0.531. The number of rotatable bonds is 3. The number of ether oxygens (including phenoxy) is 2. The number of aromatic nitrogens is 2. The van der Waals surface area contributed by atoms with Crippen LogP contribution in [-0.2, 0) is 4.74 Å². The highest BCUT2D eigenvalue weighted by molar-refractivity contribution is 9.10. The summed E-state index contributed by atoms with van der Waals surface area (Å²) in [6.07, 6.45) is 3.30. The molecule has 0 atom stereocenters. The number of hydrogen-bond acceptors (Lipinski definition) is 4. The minimum absolute atomic E-state index is 0.531. The van der Waals surface area contributed by atoms with E-state index >= 15 is 0 Å². The molecule has 1 aromatic heterocycles. The first-order valence-corrected chi connectivity index (χ1v) is 4.82. The lowest BCUT2D eigenvalue weighted by atomic mass is 10.1. The third-order valence-corrected chi connectivity index (χ3v) is 2.20. The predicted octanol–water partition coefficient (Wildman–Crippen LogP) is 1.26. The van der Waals surface area contributed by atoms with Crippen molar-refractivity contribution in [2.24, 2.45) is 5.92 Å². The van der Waals surface area contributed by atoms with E-state index in [1.54, 1.807) is 12.4 Å². The number of nitrogens with zero attached hydrogens (tertiary/aromatic N) is 2. The van der Waals surface area contributed by atoms with Crippen LogP contribution in [0.1, 0.15) is 0 Å². The molecule has 1 aromatic rings. The van der Waals surface area contributed by atoms with Crippen LogP contribution in [0.2, 0.25) is 0 Å². The maximum absolute atomic E-state index is 5.44. The van der Waals surface area contributed by atoms with Crippen LogP contribution in [0.25, 0.3) is 0 Å². The van der Waals surface area contributed by atoms with Gasteiger partial charge < -0.3 is 9.47 Å². The first kappa shape index (κ1) is 8.90. The summed E-state index contributed by atoms with van der Waals surface area (Å²) in [6, 6.07) is 0. The first-order chi connectivity index (χ1) is 6.34. The SMILES string of the molecule is Brc1ncc(OCC2COC2)cn1. The predicted molar refractivity (Wildman–Crippen MR) is 49.5 cm³/mol. The summed E-state index contributed by atoms with van der Waals surface area (Å²) in [5.74, 6) is 1.23. The van der Waals surface area contributed by atoms with Gasteiger partial charge in [0.15, 0.2) is 10.5 Å². The maximum atomic E-state index is 5.44. The molecular weight excluding hydrogens is 236 g/mol. The van der Waals surface area contributed by atoms with E-state index in [0.29, 0.717) is 23.0 Å². The molecule has 2 heterocycles. The van der Waals surface area contributed by atoms with Gasteiger partial charge in [-0.2, -0.15) is 0 Å². The van der Waals surface area contributed by atoms with Gasteiger partial charge in [0.05, 0.1) is 32.2 Å². The van der Waals surface area contributed by atoms with E-state index in [9.17, 15) is 0 Å². The summed E-state index contributed by atoms with van der Waals surface area (Å²) < 4.78 is 11.0. The molecule has 70 valence electrons. The monoisotopic (exact) mass is 244 g/mol. The highest BCUT2D eigenvalue weighted by Crippen LogP contribution is 2.14. The fourth-order valence-electron chi connectivity index (χ4n) is 0.970. The van der Waals surface area contributed by atoms with Gasteiger partial charge in [0.2, 0.25) is 0 Å². The van der Waals surface area contributed by atoms with E-state index in [0.717, 1.165) is 13.2 Å². The van der Waals surface area contributed by atoms with Gasteiger partial charge in [-0.1, -0.05) is 0 Å². The molecule has 4 nitrogen and oxygen atoms in total. The second-order valence-corrected chi connectivity index (χ2v) is 3.61. The van der Waals surface area contributed by atoms with Crippen LogP contribution >= 0.6 is 15.9 Å². The lowest BCUT2D eigenvalue weighted by molar-refractivity contribution is -0.0509. The maximum Gasteiger partial charge on any atom is 0.196 e. The summed E-state index contributed by atoms with van der Waals surface area (Å²) in [4.78, 5) is 7.90. The first-order valence-electron chi connectivity index (χ1n) is 4.02. The standard InChI is InChI=1S/C8H9BrN2O2/c9-8-10-1-7(2-11-8)13-5-6-3-12-4-6/h1-2,6H,3-5H2. The molecule has 2 rings (SSSR count). The Balaban J connectivity index is 1.83. The fraction of sp³-hybridized carbons (Fsp3) is 0.500. The average molecular weight is 245 g/mol. The molecule has 0 unspecified atom stereocenters. The van der Waals surface area contributed by atoms with Crippen molar-refractivity contribution in [3.8, 4) is 5.75 Å². The summed E-state index contributed by atoms with van der Waals surface area (Å²) in [5, 5.41) is 0. The summed E-state index contributed by atoms with van der Waals surface area (Å²) >= 11 is 3.15. The molecule has 1 fully saturated rings. The van der Waals surface area contributed by atoms with Crippen molar-refractivity contribution >= 4 is 15.9 Å². The molecule has 13 heavy (non-hydrogen) atoms. The molecule has 5 heteroatoms. The van der Waals surface area contributed by atoms with Gasteiger partial charge in [-0.15, -0.1) is 0 Å². The van der Waals surface area contributed by atoms with Crippen molar-refractivity contribution in [2.45, 2.75) is 0 Å². The summed E-state index contributed by atoms with van der Waals surface area (Å²) in [5.41, 5.74) is 0. The Morgan fingerprint density at radius 2 is 2.15 bits per heavy atom. The van der Waals surface area contributed by atoms with E-state index in [4.69, 9.17) is 9.47 Å². The van der Waals surface area contributed by atoms with Crippen molar-refractivity contribution in [3.63, 3.8) is 0 Å². The lowest BCUT2D eigenvalue weighted by Crippen LogP contribution is -2.32. The zero-order chi connectivity index (χ0) is 9.10. The molecule has 0 N–H and O–H groups in total. The second-order valence-electron chi connectivity index (χ2n) is 2.90. The molecular formula is C8H9BrN2O2. The fourth-order valence-corrected chi connectivity index (χ4v) is 1.17. The quantitative estimate of drug-likeness (QED) is 0.752. The molecule has 1 aliphatic rings. The Kier molecular flexibility index (Phi) is 2.75. The second kappa shape index (κ2) is 4.02. The van der Waals surface area contributed by atoms with Gasteiger partial charge in [0.1, 0.15) is 0 Å². The summed E-state index contributed by atoms with van der Waals surface area (Å²) in [6.45, 7) is 2.29. The van der Waals surface area contributed by atoms with Crippen molar-refractivity contribution in [1.82, 2.24) is 9.97 Å². The van der Waals surface area contributed by atoms with Crippen LogP contribution in [0.4, 0.5) is 0 Å². The van der Waals surface area contributed by atoms with Crippen LogP contribution < -0.4 is 4.74 Å². The van der Waals surface area contributed by atoms with E-state index in [1.165, 1.54) is 0 Å². The molecule has 0 saturated carbocycles. The zero-order valence-corrected chi connectivity index (χ0v) is 8.53. The van der Waals surface area contributed by atoms with E-state index in [1.807, 2.05) is 0 Å². The van der Waals surface area contributed by atoms with Gasteiger partial charge in [-0.25, -0.2) is 9.97 Å². The zero-order valence-electron chi connectivity index (χ0n) is 6.94. The smallest absolute Gasteiger partial charge is 0.196 e. The molecule has 0 amide bonds. The van der Waals surface area contributed by atoms with Gasteiger partial charge in [-0.3, -0.25) is 0 Å². The molecule has 0 aliphatic carbocycles. The Bertz CT molecular complexity index is 274. The molecule has 1 saturated heterocycles. The minimum Gasteiger partial charge on any atom is -0.490 e. The largest absolute Gasteiger partial charge is 0.490 e. The van der Waals surface area contributed by atoms with Gasteiger partial charge in [0.25, 0.3) is 0 Å². The number of halogens is 1. The van der Waals surface area contributed by atoms with E-state index in [-0.39, 0.29) is 0 Å². The topological polar surface area (TPSA) is 44.2 Å². The third-order valence-electron chi connectivity index (χ3n) is 1.79. The molecule has 0 radical (unpaired) electrons. The van der Waals surface area contributed by atoms with Crippen LogP contribution in [0.3, 0.4) is 0 Å². The van der Waals surface area contributed by atoms with Gasteiger partial charge >= 0.3 is 0 Å².